The molecule has 110 valence electrons. The molecular formula is C12H10ClN3O3S2. The SMILES string of the molecule is Cc1nc(Cl)sc1S(=O)(=O)N1CC(=O)Nc2ccccc21. The molecule has 0 fully saturated rings. The molecule has 2 heterocycles. The molecule has 0 bridgehead atoms. The summed E-state index contributed by atoms with van der Waals surface area (Å²) in [7, 11) is -3.87. The first-order valence-electron chi connectivity index (χ1n) is 5.94. The van der Waals surface area contributed by atoms with Crippen LogP contribution in [0.5, 0.6) is 0 Å². The maximum atomic E-state index is 12.8. The summed E-state index contributed by atoms with van der Waals surface area (Å²) in [5, 5.41) is 2.65. The van der Waals surface area contributed by atoms with Gasteiger partial charge in [-0.1, -0.05) is 35.1 Å². The van der Waals surface area contributed by atoms with Crippen LogP contribution in [-0.4, -0.2) is 25.9 Å². The minimum Gasteiger partial charge on any atom is -0.323 e. The van der Waals surface area contributed by atoms with Crippen LogP contribution in [0.1, 0.15) is 5.69 Å². The van der Waals surface area contributed by atoms with Crippen LogP contribution in [0.15, 0.2) is 28.5 Å². The number of amides is 1. The number of hydrogen-bond acceptors (Lipinski definition) is 5. The van der Waals surface area contributed by atoms with Crippen LogP contribution in [0.25, 0.3) is 0 Å². The third-order valence-electron chi connectivity index (χ3n) is 2.99. The van der Waals surface area contributed by atoms with Gasteiger partial charge in [-0.3, -0.25) is 9.10 Å². The van der Waals surface area contributed by atoms with Crippen molar-refractivity contribution >= 4 is 50.2 Å². The van der Waals surface area contributed by atoms with Gasteiger partial charge in [-0.05, 0) is 19.1 Å². The summed E-state index contributed by atoms with van der Waals surface area (Å²) >= 11 is 6.67. The monoisotopic (exact) mass is 343 g/mol. The van der Waals surface area contributed by atoms with Gasteiger partial charge in [0.05, 0.1) is 17.1 Å². The molecule has 1 aliphatic heterocycles. The fourth-order valence-corrected chi connectivity index (χ4v) is 5.38. The van der Waals surface area contributed by atoms with Crippen LogP contribution in [-0.2, 0) is 14.8 Å². The van der Waals surface area contributed by atoms with Gasteiger partial charge in [-0.25, -0.2) is 13.4 Å². The van der Waals surface area contributed by atoms with E-state index in [1.54, 1.807) is 31.2 Å². The van der Waals surface area contributed by atoms with Gasteiger partial charge >= 0.3 is 0 Å². The average molecular weight is 344 g/mol. The maximum Gasteiger partial charge on any atom is 0.276 e. The van der Waals surface area contributed by atoms with Crippen molar-refractivity contribution in [3.63, 3.8) is 0 Å². The van der Waals surface area contributed by atoms with Crippen molar-refractivity contribution in [2.45, 2.75) is 11.1 Å². The molecule has 0 saturated heterocycles. The number of thiazole rings is 1. The number of carbonyl (C=O) groups excluding carboxylic acids is 1. The molecule has 1 aromatic carbocycles. The first kappa shape index (κ1) is 14.3. The van der Waals surface area contributed by atoms with Gasteiger partial charge < -0.3 is 5.32 Å². The van der Waals surface area contributed by atoms with Gasteiger partial charge in [0, 0.05) is 0 Å². The van der Waals surface area contributed by atoms with Crippen molar-refractivity contribution in [1.82, 2.24) is 4.98 Å². The van der Waals surface area contributed by atoms with Gasteiger partial charge in [-0.15, -0.1) is 0 Å². The second-order valence-electron chi connectivity index (χ2n) is 4.42. The Labute approximate surface area is 130 Å². The van der Waals surface area contributed by atoms with Crippen molar-refractivity contribution in [3.8, 4) is 0 Å². The van der Waals surface area contributed by atoms with Crippen molar-refractivity contribution in [2.24, 2.45) is 0 Å². The number of benzene rings is 1. The van der Waals surface area contributed by atoms with E-state index in [2.05, 4.69) is 10.3 Å². The molecule has 1 N–H and O–H groups in total. The standard InChI is InChI=1S/C12H10ClN3O3S2/c1-7-11(20-12(13)14-7)21(18,19)16-6-10(17)15-8-4-2-3-5-9(8)16/h2-5H,6H2,1H3,(H,15,17). The zero-order valence-electron chi connectivity index (χ0n) is 10.8. The zero-order chi connectivity index (χ0) is 15.2. The molecule has 1 aliphatic rings. The third-order valence-corrected chi connectivity index (χ3v) is 6.59. The number of anilines is 2. The number of nitrogens with one attached hydrogen (secondary N) is 1. The lowest BCUT2D eigenvalue weighted by Gasteiger charge is -2.29. The molecule has 9 heteroatoms. The van der Waals surface area contributed by atoms with Crippen molar-refractivity contribution in [3.05, 3.63) is 34.4 Å². The minimum atomic E-state index is -3.87. The van der Waals surface area contributed by atoms with E-state index in [0.29, 0.717) is 17.1 Å². The van der Waals surface area contributed by atoms with Gasteiger partial charge in [-0.2, -0.15) is 0 Å². The average Bonchev–Trinajstić information content (AvgIpc) is 2.77. The molecule has 0 saturated carbocycles. The predicted molar refractivity (Wildman–Crippen MR) is 81.5 cm³/mol. The number of rotatable bonds is 2. The third kappa shape index (κ3) is 2.39. The number of carbonyl (C=O) groups is 1. The zero-order valence-corrected chi connectivity index (χ0v) is 13.2. The van der Waals surface area contributed by atoms with E-state index < -0.39 is 10.0 Å². The summed E-state index contributed by atoms with van der Waals surface area (Å²) < 4.78 is 26.9. The highest BCUT2D eigenvalue weighted by molar-refractivity contribution is 7.95. The number of sulfonamides is 1. The Morgan fingerprint density at radius 1 is 1.38 bits per heavy atom. The van der Waals surface area contributed by atoms with Gasteiger partial charge in [0.2, 0.25) is 5.91 Å². The number of halogens is 1. The Morgan fingerprint density at radius 3 is 2.76 bits per heavy atom. The Kier molecular flexibility index (Phi) is 3.39. The fraction of sp³-hybridized carbons (Fsp3) is 0.167. The number of nitrogens with zero attached hydrogens (tertiary/aromatic N) is 2. The van der Waals surface area contributed by atoms with E-state index in [-0.39, 0.29) is 21.1 Å². The van der Waals surface area contributed by atoms with Crippen molar-refractivity contribution in [2.75, 3.05) is 16.2 Å². The van der Waals surface area contributed by atoms with Crippen molar-refractivity contribution < 1.29 is 13.2 Å². The molecule has 0 atom stereocenters. The summed E-state index contributed by atoms with van der Waals surface area (Å²) in [6.07, 6.45) is 0. The molecular weight excluding hydrogens is 334 g/mol. The first-order valence-corrected chi connectivity index (χ1v) is 8.57. The summed E-state index contributed by atoms with van der Waals surface area (Å²) in [6, 6.07) is 6.74. The van der Waals surface area contributed by atoms with Gasteiger partial charge in [0.15, 0.2) is 8.68 Å². The molecule has 0 aliphatic carbocycles. The Balaban J connectivity index is 2.16. The Hall–Kier alpha value is -1.64. The van der Waals surface area contributed by atoms with Crippen LogP contribution in [0.3, 0.4) is 0 Å². The number of para-hydroxylation sites is 2. The van der Waals surface area contributed by atoms with Crippen LogP contribution >= 0.6 is 22.9 Å². The molecule has 0 radical (unpaired) electrons. The molecule has 1 amide bonds. The fourth-order valence-electron chi connectivity index (χ4n) is 2.11. The molecule has 3 rings (SSSR count). The summed E-state index contributed by atoms with van der Waals surface area (Å²) in [4.78, 5) is 15.7. The highest BCUT2D eigenvalue weighted by Crippen LogP contribution is 2.36. The lowest BCUT2D eigenvalue weighted by molar-refractivity contribution is -0.115. The van der Waals surface area contributed by atoms with Gasteiger partial charge in [0.1, 0.15) is 6.54 Å². The normalized spacial score (nSPS) is 14.8. The minimum absolute atomic E-state index is 0.0528. The summed E-state index contributed by atoms with van der Waals surface area (Å²) in [5.74, 6) is -0.384. The maximum absolute atomic E-state index is 12.8. The summed E-state index contributed by atoms with van der Waals surface area (Å²) in [5.41, 5.74) is 1.22. The molecule has 21 heavy (non-hydrogen) atoms. The number of hydrogen-bond donors (Lipinski definition) is 1. The molecule has 1 aromatic heterocycles. The van der Waals surface area contributed by atoms with E-state index in [4.69, 9.17) is 11.6 Å². The van der Waals surface area contributed by atoms with E-state index in [9.17, 15) is 13.2 Å². The van der Waals surface area contributed by atoms with E-state index in [1.165, 1.54) is 0 Å². The van der Waals surface area contributed by atoms with Crippen LogP contribution in [0, 0.1) is 6.92 Å². The molecule has 6 nitrogen and oxygen atoms in total. The highest BCUT2D eigenvalue weighted by Gasteiger charge is 2.34. The van der Waals surface area contributed by atoms with Crippen LogP contribution in [0.4, 0.5) is 11.4 Å². The quantitative estimate of drug-likeness (QED) is 0.907. The predicted octanol–water partition coefficient (Wildman–Crippen LogP) is 2.25. The lowest BCUT2D eigenvalue weighted by atomic mass is 10.2. The van der Waals surface area contributed by atoms with Gasteiger partial charge in [0.25, 0.3) is 10.0 Å². The van der Waals surface area contributed by atoms with E-state index in [0.717, 1.165) is 15.6 Å². The number of fused-ring (bicyclic) bond motifs is 1. The second kappa shape index (κ2) is 4.97. The molecule has 2 aromatic rings. The summed E-state index contributed by atoms with van der Waals surface area (Å²) in [6.45, 7) is 1.31. The van der Waals surface area contributed by atoms with Crippen LogP contribution < -0.4 is 9.62 Å². The number of aromatic nitrogens is 1. The van der Waals surface area contributed by atoms with Crippen LogP contribution in [0.2, 0.25) is 4.47 Å². The lowest BCUT2D eigenvalue weighted by Crippen LogP contribution is -2.42. The largest absolute Gasteiger partial charge is 0.323 e. The number of aryl methyl sites for hydroxylation is 1. The first-order chi connectivity index (χ1) is 9.89. The second-order valence-corrected chi connectivity index (χ2v) is 8.06. The van der Waals surface area contributed by atoms with E-state index >= 15 is 0 Å². The molecule has 0 spiro atoms. The van der Waals surface area contributed by atoms with Crippen molar-refractivity contribution in [1.29, 1.82) is 0 Å². The Bertz CT molecular complexity index is 832. The Morgan fingerprint density at radius 2 is 2.10 bits per heavy atom. The smallest absolute Gasteiger partial charge is 0.276 e. The topological polar surface area (TPSA) is 79.4 Å². The highest BCUT2D eigenvalue weighted by atomic mass is 35.5. The van der Waals surface area contributed by atoms with E-state index in [1.807, 2.05) is 0 Å². The molecule has 0 unspecified atom stereocenters.